The summed E-state index contributed by atoms with van der Waals surface area (Å²) in [4.78, 5) is 43.0. The van der Waals surface area contributed by atoms with Crippen molar-refractivity contribution < 1.29 is 14.4 Å². The number of likely N-dealkylation sites (tertiary alicyclic amines) is 1. The molecule has 1 saturated heterocycles. The number of aromatic nitrogens is 1. The minimum Gasteiger partial charge on any atom is -0.334 e. The molecule has 1 fully saturated rings. The fourth-order valence-corrected chi connectivity index (χ4v) is 3.59. The van der Waals surface area contributed by atoms with E-state index in [0.717, 1.165) is 32.2 Å². The summed E-state index contributed by atoms with van der Waals surface area (Å²) in [5.41, 5.74) is 1.57. The number of carbonyl (C=O) groups is 3. The number of hydrogen-bond acceptors (Lipinski definition) is 4. The standard InChI is InChI=1S/C22H26N4O3/c1-3-18-10-4-5-13-26(18)22(29)20-12-7-11-19(25-20)21(28)24-17-9-6-8-16(14-17)23-15(2)27/h6-9,11-12,14,18H,3-5,10,13H2,1-2H3,(H,23,27)(H,24,28). The number of amides is 3. The first-order valence-corrected chi connectivity index (χ1v) is 9.95. The van der Waals surface area contributed by atoms with Crippen molar-refractivity contribution in [2.45, 2.75) is 45.6 Å². The third-order valence-corrected chi connectivity index (χ3v) is 5.00. The fraction of sp³-hybridized carbons (Fsp3) is 0.364. The number of piperidine rings is 1. The molecular weight excluding hydrogens is 368 g/mol. The maximum absolute atomic E-state index is 12.9. The van der Waals surface area contributed by atoms with Crippen molar-refractivity contribution in [3.05, 3.63) is 53.9 Å². The van der Waals surface area contributed by atoms with Crippen LogP contribution in [0.25, 0.3) is 0 Å². The summed E-state index contributed by atoms with van der Waals surface area (Å²) >= 11 is 0. The van der Waals surface area contributed by atoms with Gasteiger partial charge in [-0.1, -0.05) is 19.1 Å². The van der Waals surface area contributed by atoms with Gasteiger partial charge in [0.2, 0.25) is 5.91 Å². The zero-order chi connectivity index (χ0) is 20.8. The Balaban J connectivity index is 1.74. The number of nitrogens with zero attached hydrogens (tertiary/aromatic N) is 2. The number of anilines is 2. The molecule has 0 spiro atoms. The molecule has 1 aromatic carbocycles. The lowest BCUT2D eigenvalue weighted by Crippen LogP contribution is -2.43. The number of rotatable bonds is 5. The van der Waals surface area contributed by atoms with E-state index < -0.39 is 5.91 Å². The second kappa shape index (κ2) is 9.32. The zero-order valence-electron chi connectivity index (χ0n) is 16.8. The van der Waals surface area contributed by atoms with E-state index in [0.29, 0.717) is 11.4 Å². The maximum atomic E-state index is 12.9. The minimum atomic E-state index is -0.412. The second-order valence-electron chi connectivity index (χ2n) is 7.18. The van der Waals surface area contributed by atoms with Crippen molar-refractivity contribution >= 4 is 29.1 Å². The van der Waals surface area contributed by atoms with Crippen LogP contribution in [0.3, 0.4) is 0 Å². The molecule has 0 bridgehead atoms. The predicted molar refractivity (Wildman–Crippen MR) is 112 cm³/mol. The van der Waals surface area contributed by atoms with Gasteiger partial charge in [0.15, 0.2) is 0 Å². The van der Waals surface area contributed by atoms with Crippen LogP contribution in [0.1, 0.15) is 60.5 Å². The molecule has 2 aromatic rings. The molecule has 1 aliphatic rings. The Morgan fingerprint density at radius 2 is 1.72 bits per heavy atom. The van der Waals surface area contributed by atoms with Gasteiger partial charge in [-0.25, -0.2) is 4.98 Å². The SMILES string of the molecule is CCC1CCCCN1C(=O)c1cccc(C(=O)Nc2cccc(NC(C)=O)c2)n1. The highest BCUT2D eigenvalue weighted by molar-refractivity contribution is 6.04. The van der Waals surface area contributed by atoms with Gasteiger partial charge in [0, 0.05) is 30.9 Å². The molecule has 152 valence electrons. The molecule has 1 aliphatic heterocycles. The summed E-state index contributed by atoms with van der Waals surface area (Å²) in [7, 11) is 0. The van der Waals surface area contributed by atoms with Crippen molar-refractivity contribution in [3.63, 3.8) is 0 Å². The van der Waals surface area contributed by atoms with Gasteiger partial charge in [-0.15, -0.1) is 0 Å². The van der Waals surface area contributed by atoms with Crippen molar-refractivity contribution in [2.24, 2.45) is 0 Å². The van der Waals surface area contributed by atoms with E-state index in [1.165, 1.54) is 6.92 Å². The minimum absolute atomic E-state index is 0.126. The highest BCUT2D eigenvalue weighted by Crippen LogP contribution is 2.21. The van der Waals surface area contributed by atoms with Crippen LogP contribution >= 0.6 is 0 Å². The van der Waals surface area contributed by atoms with E-state index in [2.05, 4.69) is 22.5 Å². The van der Waals surface area contributed by atoms with Crippen LogP contribution in [-0.2, 0) is 4.79 Å². The van der Waals surface area contributed by atoms with Crippen LogP contribution in [0.2, 0.25) is 0 Å². The molecule has 29 heavy (non-hydrogen) atoms. The van der Waals surface area contributed by atoms with E-state index in [-0.39, 0.29) is 29.2 Å². The van der Waals surface area contributed by atoms with E-state index in [4.69, 9.17) is 0 Å². The number of carbonyl (C=O) groups excluding carboxylic acids is 3. The molecule has 3 rings (SSSR count). The summed E-state index contributed by atoms with van der Waals surface area (Å²) in [6.45, 7) is 4.23. The van der Waals surface area contributed by atoms with Crippen molar-refractivity contribution in [3.8, 4) is 0 Å². The highest BCUT2D eigenvalue weighted by Gasteiger charge is 2.27. The number of pyridine rings is 1. The molecule has 0 aliphatic carbocycles. The van der Waals surface area contributed by atoms with Crippen molar-refractivity contribution in [2.75, 3.05) is 17.2 Å². The Morgan fingerprint density at radius 3 is 2.45 bits per heavy atom. The Kier molecular flexibility index (Phi) is 6.59. The monoisotopic (exact) mass is 394 g/mol. The van der Waals surface area contributed by atoms with Gasteiger partial charge >= 0.3 is 0 Å². The van der Waals surface area contributed by atoms with Crippen LogP contribution in [0.4, 0.5) is 11.4 Å². The summed E-state index contributed by atoms with van der Waals surface area (Å²) in [5, 5.41) is 5.43. The third-order valence-electron chi connectivity index (χ3n) is 5.00. The molecule has 3 amide bonds. The Morgan fingerprint density at radius 1 is 1.03 bits per heavy atom. The quantitative estimate of drug-likeness (QED) is 0.809. The topological polar surface area (TPSA) is 91.4 Å². The normalized spacial score (nSPS) is 16.2. The highest BCUT2D eigenvalue weighted by atomic mass is 16.2. The Hall–Kier alpha value is -3.22. The summed E-state index contributed by atoms with van der Waals surface area (Å²) in [5.74, 6) is -0.728. The third kappa shape index (κ3) is 5.19. The van der Waals surface area contributed by atoms with Gasteiger partial charge in [0.1, 0.15) is 11.4 Å². The molecule has 7 nitrogen and oxygen atoms in total. The lowest BCUT2D eigenvalue weighted by atomic mass is 9.99. The second-order valence-corrected chi connectivity index (χ2v) is 7.18. The van der Waals surface area contributed by atoms with E-state index in [1.54, 1.807) is 42.5 Å². The van der Waals surface area contributed by atoms with E-state index in [9.17, 15) is 14.4 Å². The molecule has 1 unspecified atom stereocenters. The smallest absolute Gasteiger partial charge is 0.274 e. The Bertz CT molecular complexity index is 912. The van der Waals surface area contributed by atoms with Gasteiger partial charge < -0.3 is 15.5 Å². The molecule has 7 heteroatoms. The first-order chi connectivity index (χ1) is 14.0. The van der Waals surface area contributed by atoms with Crippen LogP contribution in [0, 0.1) is 0 Å². The van der Waals surface area contributed by atoms with Crippen LogP contribution in [0.5, 0.6) is 0 Å². The zero-order valence-corrected chi connectivity index (χ0v) is 16.8. The summed E-state index contributed by atoms with van der Waals surface area (Å²) in [6.07, 6.45) is 4.05. The molecule has 2 N–H and O–H groups in total. The van der Waals surface area contributed by atoms with Crippen LogP contribution in [-0.4, -0.2) is 40.2 Å². The molecule has 2 heterocycles. The molecule has 1 aromatic heterocycles. The van der Waals surface area contributed by atoms with Crippen molar-refractivity contribution in [1.29, 1.82) is 0 Å². The average Bonchev–Trinajstić information content (AvgIpc) is 2.73. The number of hydrogen-bond donors (Lipinski definition) is 2. The van der Waals surface area contributed by atoms with Gasteiger partial charge in [-0.3, -0.25) is 14.4 Å². The van der Waals surface area contributed by atoms with Crippen LogP contribution < -0.4 is 10.6 Å². The summed E-state index contributed by atoms with van der Waals surface area (Å²) in [6, 6.07) is 12.0. The lowest BCUT2D eigenvalue weighted by molar-refractivity contribution is -0.114. The van der Waals surface area contributed by atoms with Gasteiger partial charge in [0.25, 0.3) is 11.8 Å². The van der Waals surface area contributed by atoms with Gasteiger partial charge in [-0.05, 0) is 56.0 Å². The first-order valence-electron chi connectivity index (χ1n) is 9.95. The lowest BCUT2D eigenvalue weighted by Gasteiger charge is -2.35. The van der Waals surface area contributed by atoms with E-state index in [1.807, 2.05) is 4.90 Å². The van der Waals surface area contributed by atoms with Crippen molar-refractivity contribution in [1.82, 2.24) is 9.88 Å². The molecule has 0 saturated carbocycles. The maximum Gasteiger partial charge on any atom is 0.274 e. The molecular formula is C22H26N4O3. The van der Waals surface area contributed by atoms with Gasteiger partial charge in [0.05, 0.1) is 0 Å². The molecule has 1 atom stereocenters. The van der Waals surface area contributed by atoms with E-state index >= 15 is 0 Å². The molecule has 0 radical (unpaired) electrons. The predicted octanol–water partition coefficient (Wildman–Crippen LogP) is 3.70. The fourth-order valence-electron chi connectivity index (χ4n) is 3.59. The number of nitrogens with one attached hydrogen (secondary N) is 2. The van der Waals surface area contributed by atoms with Crippen LogP contribution in [0.15, 0.2) is 42.5 Å². The first kappa shape index (κ1) is 20.5. The summed E-state index contributed by atoms with van der Waals surface area (Å²) < 4.78 is 0. The Labute approximate surface area is 170 Å². The largest absolute Gasteiger partial charge is 0.334 e. The van der Waals surface area contributed by atoms with Gasteiger partial charge in [-0.2, -0.15) is 0 Å². The average molecular weight is 394 g/mol. The number of benzene rings is 1.